The molecule has 27 heavy (non-hydrogen) atoms. The van der Waals surface area contributed by atoms with Crippen molar-refractivity contribution >= 4 is 5.91 Å². The normalized spacial score (nSPS) is 12.0. The van der Waals surface area contributed by atoms with Crippen LogP contribution < -0.4 is 10.1 Å². The molecule has 1 unspecified atom stereocenters. The van der Waals surface area contributed by atoms with Gasteiger partial charge in [0.1, 0.15) is 17.3 Å². The molecule has 0 bridgehead atoms. The monoisotopic (exact) mass is 376 g/mol. The highest BCUT2D eigenvalue weighted by Gasteiger charge is 2.20. The Kier molecular flexibility index (Phi) is 5.44. The molecular weight excluding hydrogens is 361 g/mol. The van der Waals surface area contributed by atoms with Gasteiger partial charge in [-0.05, 0) is 25.1 Å². The molecule has 5 nitrogen and oxygen atoms in total. The van der Waals surface area contributed by atoms with Crippen LogP contribution in [0.15, 0.2) is 59.1 Å². The Balaban J connectivity index is 1.74. The predicted molar refractivity (Wildman–Crippen MR) is 90.9 cm³/mol. The number of aromatic nitrogens is 1. The lowest BCUT2D eigenvalue weighted by Crippen LogP contribution is -2.26. The summed E-state index contributed by atoms with van der Waals surface area (Å²) in [4.78, 5) is 12.4. The minimum absolute atomic E-state index is 0.0293. The molecule has 0 spiro atoms. The number of nitrogens with zero attached hydrogens (tertiary/aromatic N) is 1. The van der Waals surface area contributed by atoms with E-state index in [1.54, 1.807) is 31.2 Å². The maximum absolute atomic E-state index is 13.3. The van der Waals surface area contributed by atoms with E-state index in [2.05, 4.69) is 15.2 Å². The Hall–Kier alpha value is -3.29. The van der Waals surface area contributed by atoms with E-state index in [-0.39, 0.29) is 11.5 Å². The average molecular weight is 376 g/mol. The first-order valence-electron chi connectivity index (χ1n) is 8.01. The SMILES string of the molecule is CC(NC(=O)c1cc(-c2cccc(F)c2)no1)c1ccccc1OC(F)F. The summed E-state index contributed by atoms with van der Waals surface area (Å²) < 4.78 is 47.8. The molecule has 1 aromatic heterocycles. The summed E-state index contributed by atoms with van der Waals surface area (Å²) in [5.41, 5.74) is 1.14. The largest absolute Gasteiger partial charge is 0.434 e. The molecule has 3 aromatic rings. The average Bonchev–Trinajstić information content (AvgIpc) is 3.12. The number of para-hydroxylation sites is 1. The zero-order valence-electron chi connectivity index (χ0n) is 14.2. The topological polar surface area (TPSA) is 64.4 Å². The quantitative estimate of drug-likeness (QED) is 0.684. The Morgan fingerprint density at radius 2 is 1.93 bits per heavy atom. The van der Waals surface area contributed by atoms with Crippen molar-refractivity contribution in [2.45, 2.75) is 19.6 Å². The van der Waals surface area contributed by atoms with E-state index in [0.717, 1.165) is 0 Å². The fourth-order valence-corrected chi connectivity index (χ4v) is 2.55. The van der Waals surface area contributed by atoms with Crippen LogP contribution in [-0.2, 0) is 0 Å². The first kappa shape index (κ1) is 18.5. The fourth-order valence-electron chi connectivity index (χ4n) is 2.55. The molecule has 8 heteroatoms. The summed E-state index contributed by atoms with van der Waals surface area (Å²) in [6.45, 7) is -1.35. The van der Waals surface area contributed by atoms with Gasteiger partial charge < -0.3 is 14.6 Å². The molecule has 140 valence electrons. The highest BCUT2D eigenvalue weighted by atomic mass is 19.3. The second kappa shape index (κ2) is 7.94. The van der Waals surface area contributed by atoms with Crippen LogP contribution in [0.2, 0.25) is 0 Å². The smallest absolute Gasteiger partial charge is 0.387 e. The van der Waals surface area contributed by atoms with Gasteiger partial charge in [-0.25, -0.2) is 4.39 Å². The molecule has 0 radical (unpaired) electrons. The van der Waals surface area contributed by atoms with Gasteiger partial charge in [-0.1, -0.05) is 35.5 Å². The molecule has 1 N–H and O–H groups in total. The summed E-state index contributed by atoms with van der Waals surface area (Å²) in [5, 5.41) is 6.39. The number of benzene rings is 2. The van der Waals surface area contributed by atoms with Crippen molar-refractivity contribution < 1.29 is 27.2 Å². The first-order chi connectivity index (χ1) is 12.9. The van der Waals surface area contributed by atoms with Gasteiger partial charge in [0, 0.05) is 17.2 Å². The maximum atomic E-state index is 13.3. The van der Waals surface area contributed by atoms with Crippen LogP contribution in [0.4, 0.5) is 13.2 Å². The molecule has 2 aromatic carbocycles. The van der Waals surface area contributed by atoms with Crippen LogP contribution in [0.25, 0.3) is 11.3 Å². The van der Waals surface area contributed by atoms with Crippen molar-refractivity contribution in [2.24, 2.45) is 0 Å². The Morgan fingerprint density at radius 1 is 1.15 bits per heavy atom. The van der Waals surface area contributed by atoms with Crippen LogP contribution in [-0.4, -0.2) is 17.7 Å². The fraction of sp³-hybridized carbons (Fsp3) is 0.158. The molecule has 3 rings (SSSR count). The first-order valence-corrected chi connectivity index (χ1v) is 8.01. The lowest BCUT2D eigenvalue weighted by Gasteiger charge is -2.17. The van der Waals surface area contributed by atoms with Gasteiger partial charge in [0.25, 0.3) is 5.91 Å². The highest BCUT2D eigenvalue weighted by molar-refractivity contribution is 5.92. The van der Waals surface area contributed by atoms with Crippen molar-refractivity contribution in [1.82, 2.24) is 10.5 Å². The van der Waals surface area contributed by atoms with Crippen molar-refractivity contribution in [3.05, 3.63) is 71.7 Å². The van der Waals surface area contributed by atoms with Crippen LogP contribution in [0.3, 0.4) is 0 Å². The van der Waals surface area contributed by atoms with Crippen LogP contribution in [0.5, 0.6) is 5.75 Å². The maximum Gasteiger partial charge on any atom is 0.387 e. The lowest BCUT2D eigenvalue weighted by atomic mass is 10.1. The molecule has 0 saturated carbocycles. The summed E-state index contributed by atoms with van der Waals surface area (Å²) in [5.74, 6) is -1.15. The van der Waals surface area contributed by atoms with Crippen molar-refractivity contribution in [1.29, 1.82) is 0 Å². The third-order valence-corrected chi connectivity index (χ3v) is 3.80. The van der Waals surface area contributed by atoms with Crippen LogP contribution >= 0.6 is 0 Å². The number of nitrogens with one attached hydrogen (secondary N) is 1. The molecule has 1 atom stereocenters. The molecule has 0 saturated heterocycles. The minimum atomic E-state index is -2.97. The Bertz CT molecular complexity index is 943. The lowest BCUT2D eigenvalue weighted by molar-refractivity contribution is -0.0506. The number of amides is 1. The van der Waals surface area contributed by atoms with E-state index >= 15 is 0 Å². The van der Waals surface area contributed by atoms with E-state index in [0.29, 0.717) is 16.8 Å². The Labute approximate surface area is 152 Å². The molecular formula is C19H15F3N2O3. The number of ether oxygens (including phenoxy) is 1. The molecule has 0 aliphatic rings. The van der Waals surface area contributed by atoms with Gasteiger partial charge in [-0.3, -0.25) is 4.79 Å². The number of halogens is 3. The Morgan fingerprint density at radius 3 is 2.67 bits per heavy atom. The van der Waals surface area contributed by atoms with E-state index in [1.165, 1.54) is 30.3 Å². The second-order valence-electron chi connectivity index (χ2n) is 5.70. The third kappa shape index (κ3) is 4.46. The zero-order chi connectivity index (χ0) is 19.4. The number of alkyl halides is 2. The summed E-state index contributed by atoms with van der Waals surface area (Å²) in [6.07, 6.45) is 0. The van der Waals surface area contributed by atoms with Gasteiger partial charge in [0.2, 0.25) is 5.76 Å². The zero-order valence-corrected chi connectivity index (χ0v) is 14.2. The number of rotatable bonds is 6. The van der Waals surface area contributed by atoms with Gasteiger partial charge in [0.05, 0.1) is 6.04 Å². The van der Waals surface area contributed by atoms with Gasteiger partial charge >= 0.3 is 6.61 Å². The molecule has 1 heterocycles. The number of carbonyl (C=O) groups excluding carboxylic acids is 1. The number of hydrogen-bond acceptors (Lipinski definition) is 4. The third-order valence-electron chi connectivity index (χ3n) is 3.80. The minimum Gasteiger partial charge on any atom is -0.434 e. The molecule has 0 fully saturated rings. The molecule has 0 aliphatic carbocycles. The van der Waals surface area contributed by atoms with E-state index in [4.69, 9.17) is 4.52 Å². The van der Waals surface area contributed by atoms with E-state index in [1.807, 2.05) is 0 Å². The van der Waals surface area contributed by atoms with Crippen LogP contribution in [0.1, 0.15) is 29.1 Å². The highest BCUT2D eigenvalue weighted by Crippen LogP contribution is 2.27. The van der Waals surface area contributed by atoms with Crippen LogP contribution in [0, 0.1) is 5.82 Å². The summed E-state index contributed by atoms with van der Waals surface area (Å²) in [6, 6.07) is 12.6. The second-order valence-corrected chi connectivity index (χ2v) is 5.70. The number of carbonyl (C=O) groups is 1. The molecule has 1 amide bonds. The number of hydrogen-bond donors (Lipinski definition) is 1. The standard InChI is InChI=1S/C19H15F3N2O3/c1-11(14-7-2-3-8-16(14)26-19(21)22)23-18(25)17-10-15(24-27-17)12-5-4-6-13(20)9-12/h2-11,19H,1H3,(H,23,25). The summed E-state index contributed by atoms with van der Waals surface area (Å²) >= 11 is 0. The molecule has 0 aliphatic heterocycles. The van der Waals surface area contributed by atoms with Gasteiger partial charge in [0.15, 0.2) is 0 Å². The van der Waals surface area contributed by atoms with E-state index in [9.17, 15) is 18.0 Å². The van der Waals surface area contributed by atoms with Crippen molar-refractivity contribution in [3.63, 3.8) is 0 Å². The van der Waals surface area contributed by atoms with Gasteiger partial charge in [-0.2, -0.15) is 8.78 Å². The van der Waals surface area contributed by atoms with Crippen molar-refractivity contribution in [2.75, 3.05) is 0 Å². The van der Waals surface area contributed by atoms with Gasteiger partial charge in [-0.15, -0.1) is 0 Å². The predicted octanol–water partition coefficient (Wildman–Crippen LogP) is 4.57. The van der Waals surface area contributed by atoms with Crippen molar-refractivity contribution in [3.8, 4) is 17.0 Å². The summed E-state index contributed by atoms with van der Waals surface area (Å²) in [7, 11) is 0. The van der Waals surface area contributed by atoms with E-state index < -0.39 is 24.4 Å².